The van der Waals surface area contributed by atoms with Gasteiger partial charge < -0.3 is 9.84 Å². The average molecular weight is 349 g/mol. The Morgan fingerprint density at radius 3 is 2.52 bits per heavy atom. The molecule has 2 N–H and O–H groups in total. The van der Waals surface area contributed by atoms with E-state index in [4.69, 9.17) is 4.74 Å². The summed E-state index contributed by atoms with van der Waals surface area (Å²) in [6, 6.07) is 6.44. The highest BCUT2D eigenvalue weighted by Crippen LogP contribution is 2.26. The van der Waals surface area contributed by atoms with Gasteiger partial charge in [0, 0.05) is 29.6 Å². The number of ether oxygens (including phenoxy) is 1. The zero-order valence-corrected chi connectivity index (χ0v) is 14.2. The molecular weight excluding hydrogens is 330 g/mol. The Labute approximate surface area is 133 Å². The van der Waals surface area contributed by atoms with Gasteiger partial charge in [-0.3, -0.25) is 0 Å². The number of methoxy groups -OCH3 is 1. The minimum atomic E-state index is -3.71. The lowest BCUT2D eigenvalue weighted by atomic mass is 10.1. The molecule has 0 atom stereocenters. The normalized spacial score (nSPS) is 19.0. The lowest BCUT2D eigenvalue weighted by Gasteiger charge is -2.25. The maximum atomic E-state index is 12.4. The minimum absolute atomic E-state index is 0.00732. The molecule has 1 fully saturated rings. The van der Waals surface area contributed by atoms with E-state index in [0.29, 0.717) is 17.3 Å². The summed E-state index contributed by atoms with van der Waals surface area (Å²) in [7, 11) is -2.27. The van der Waals surface area contributed by atoms with Crippen LogP contribution in [0.15, 0.2) is 29.2 Å². The van der Waals surface area contributed by atoms with Crippen molar-refractivity contribution in [3.05, 3.63) is 24.3 Å². The first-order chi connectivity index (χ1) is 9.97. The van der Waals surface area contributed by atoms with Crippen molar-refractivity contribution in [3.63, 3.8) is 0 Å². The molecule has 0 radical (unpaired) electrons. The van der Waals surface area contributed by atoms with Gasteiger partial charge in [0.15, 0.2) is 0 Å². The average Bonchev–Trinajstić information content (AvgIpc) is 2.71. The SMILES string of the molecule is COc1ccccc1S(=O)(=O)NCC1(O)CSCCSC1. The predicted octanol–water partition coefficient (Wildman–Crippen LogP) is 1.18. The van der Waals surface area contributed by atoms with Crippen LogP contribution in [0.4, 0.5) is 0 Å². The zero-order valence-electron chi connectivity index (χ0n) is 11.7. The van der Waals surface area contributed by atoms with Crippen molar-refractivity contribution in [1.82, 2.24) is 4.72 Å². The minimum Gasteiger partial charge on any atom is -0.495 e. The summed E-state index contributed by atoms with van der Waals surface area (Å²) in [5.41, 5.74) is -1.01. The van der Waals surface area contributed by atoms with Crippen molar-refractivity contribution in [2.75, 3.05) is 36.7 Å². The predicted molar refractivity (Wildman–Crippen MR) is 87.8 cm³/mol. The van der Waals surface area contributed by atoms with Crippen molar-refractivity contribution in [2.45, 2.75) is 10.5 Å². The van der Waals surface area contributed by atoms with Crippen LogP contribution in [0.3, 0.4) is 0 Å². The highest BCUT2D eigenvalue weighted by atomic mass is 32.2. The van der Waals surface area contributed by atoms with Crippen LogP contribution in [0.5, 0.6) is 5.75 Å². The van der Waals surface area contributed by atoms with E-state index in [0.717, 1.165) is 11.5 Å². The van der Waals surface area contributed by atoms with Gasteiger partial charge in [0.1, 0.15) is 10.6 Å². The molecule has 1 saturated heterocycles. The summed E-state index contributed by atoms with van der Waals surface area (Å²) >= 11 is 3.29. The molecule has 2 rings (SSSR count). The molecule has 0 aliphatic carbocycles. The van der Waals surface area contributed by atoms with Gasteiger partial charge in [-0.1, -0.05) is 12.1 Å². The largest absolute Gasteiger partial charge is 0.495 e. The van der Waals surface area contributed by atoms with Crippen molar-refractivity contribution in [1.29, 1.82) is 0 Å². The highest BCUT2D eigenvalue weighted by molar-refractivity contribution is 8.03. The van der Waals surface area contributed by atoms with Gasteiger partial charge in [-0.25, -0.2) is 13.1 Å². The summed E-state index contributed by atoms with van der Waals surface area (Å²) in [5.74, 6) is 3.32. The molecular formula is C13H19NO4S3. The Balaban J connectivity index is 2.10. The molecule has 8 heteroatoms. The second kappa shape index (κ2) is 7.23. The van der Waals surface area contributed by atoms with Gasteiger partial charge in [0.05, 0.1) is 12.7 Å². The number of benzene rings is 1. The van der Waals surface area contributed by atoms with E-state index < -0.39 is 15.6 Å². The Bertz CT molecular complexity index is 569. The van der Waals surface area contributed by atoms with Gasteiger partial charge in [-0.05, 0) is 12.1 Å². The second-order valence-electron chi connectivity index (χ2n) is 4.80. The lowest BCUT2D eigenvalue weighted by molar-refractivity contribution is 0.0961. The summed E-state index contributed by atoms with van der Waals surface area (Å²) in [6.07, 6.45) is 0. The molecule has 1 aliphatic heterocycles. The second-order valence-corrected chi connectivity index (χ2v) is 8.75. The van der Waals surface area contributed by atoms with Crippen molar-refractivity contribution >= 4 is 33.5 Å². The van der Waals surface area contributed by atoms with E-state index in [1.165, 1.54) is 13.2 Å². The van der Waals surface area contributed by atoms with E-state index in [1.807, 2.05) is 0 Å². The number of rotatable bonds is 5. The van der Waals surface area contributed by atoms with E-state index in [2.05, 4.69) is 4.72 Å². The van der Waals surface area contributed by atoms with E-state index in [1.54, 1.807) is 41.7 Å². The van der Waals surface area contributed by atoms with Crippen LogP contribution in [0.2, 0.25) is 0 Å². The third-order valence-corrected chi connectivity index (χ3v) is 7.23. The van der Waals surface area contributed by atoms with Crippen molar-refractivity contribution < 1.29 is 18.3 Å². The number of aliphatic hydroxyl groups is 1. The molecule has 0 bridgehead atoms. The Kier molecular flexibility index (Phi) is 5.84. The maximum Gasteiger partial charge on any atom is 0.244 e. The molecule has 5 nitrogen and oxygen atoms in total. The van der Waals surface area contributed by atoms with Crippen LogP contribution >= 0.6 is 23.5 Å². The summed E-state index contributed by atoms with van der Waals surface area (Å²) in [5, 5.41) is 10.5. The quantitative estimate of drug-likeness (QED) is 0.832. The molecule has 0 amide bonds. The molecule has 0 unspecified atom stereocenters. The molecule has 21 heavy (non-hydrogen) atoms. The molecule has 118 valence electrons. The van der Waals surface area contributed by atoms with Crippen molar-refractivity contribution in [3.8, 4) is 5.75 Å². The number of para-hydroxylation sites is 1. The van der Waals surface area contributed by atoms with Gasteiger partial charge in [0.25, 0.3) is 0 Å². The maximum absolute atomic E-state index is 12.4. The van der Waals surface area contributed by atoms with Crippen molar-refractivity contribution in [2.24, 2.45) is 0 Å². The fraction of sp³-hybridized carbons (Fsp3) is 0.538. The molecule has 0 saturated carbocycles. The van der Waals surface area contributed by atoms with Crippen LogP contribution < -0.4 is 9.46 Å². The lowest BCUT2D eigenvalue weighted by Crippen LogP contribution is -2.46. The van der Waals surface area contributed by atoms with Crippen LogP contribution in [0.1, 0.15) is 0 Å². The van der Waals surface area contributed by atoms with Crippen LogP contribution in [-0.4, -0.2) is 55.8 Å². The topological polar surface area (TPSA) is 75.6 Å². The van der Waals surface area contributed by atoms with Gasteiger partial charge in [-0.2, -0.15) is 23.5 Å². The standard InChI is InChI=1S/C13H19NO4S3/c1-18-11-4-2-3-5-12(11)21(16,17)14-8-13(15)9-19-6-7-20-10-13/h2-5,14-15H,6-10H2,1H3. The summed E-state index contributed by atoms with van der Waals surface area (Å²) in [6.45, 7) is 0.00732. The number of hydrogen-bond donors (Lipinski definition) is 2. The highest BCUT2D eigenvalue weighted by Gasteiger charge is 2.31. The molecule has 1 heterocycles. The van der Waals surface area contributed by atoms with E-state index in [-0.39, 0.29) is 11.4 Å². The summed E-state index contributed by atoms with van der Waals surface area (Å²) in [4.78, 5) is 0.0880. The monoisotopic (exact) mass is 349 g/mol. The third kappa shape index (κ3) is 4.53. The molecule has 1 aliphatic rings. The number of hydrogen-bond acceptors (Lipinski definition) is 6. The van der Waals surface area contributed by atoms with E-state index in [9.17, 15) is 13.5 Å². The fourth-order valence-corrected chi connectivity index (χ4v) is 5.75. The van der Waals surface area contributed by atoms with Gasteiger partial charge in [-0.15, -0.1) is 0 Å². The smallest absolute Gasteiger partial charge is 0.244 e. The zero-order chi connectivity index (χ0) is 15.3. The number of thioether (sulfide) groups is 2. The third-order valence-electron chi connectivity index (χ3n) is 3.06. The van der Waals surface area contributed by atoms with E-state index >= 15 is 0 Å². The summed E-state index contributed by atoms with van der Waals surface area (Å²) < 4.78 is 32.3. The first kappa shape index (κ1) is 17.0. The first-order valence-electron chi connectivity index (χ1n) is 6.47. The molecule has 0 aromatic heterocycles. The van der Waals surface area contributed by atoms with Crippen LogP contribution in [-0.2, 0) is 10.0 Å². The molecule has 1 aromatic carbocycles. The number of sulfonamides is 1. The van der Waals surface area contributed by atoms with Crippen LogP contribution in [0, 0.1) is 0 Å². The molecule has 1 aromatic rings. The van der Waals surface area contributed by atoms with Crippen LogP contribution in [0.25, 0.3) is 0 Å². The van der Waals surface area contributed by atoms with Gasteiger partial charge in [0.2, 0.25) is 10.0 Å². The first-order valence-corrected chi connectivity index (χ1v) is 10.3. The van der Waals surface area contributed by atoms with Gasteiger partial charge >= 0.3 is 0 Å². The fourth-order valence-electron chi connectivity index (χ4n) is 1.93. The Morgan fingerprint density at radius 1 is 1.29 bits per heavy atom. The molecule has 0 spiro atoms. The number of nitrogens with one attached hydrogen (secondary N) is 1. The Hall–Kier alpha value is -0.410. The Morgan fingerprint density at radius 2 is 1.90 bits per heavy atom.